The Morgan fingerprint density at radius 1 is 1.29 bits per heavy atom. The monoisotopic (exact) mass is 292 g/mol. The van der Waals surface area contributed by atoms with Gasteiger partial charge in [-0.1, -0.05) is 0 Å². The predicted molar refractivity (Wildman–Crippen MR) is 78.8 cm³/mol. The summed E-state index contributed by atoms with van der Waals surface area (Å²) in [4.78, 5) is 15.6. The van der Waals surface area contributed by atoms with E-state index in [4.69, 9.17) is 5.73 Å². The first-order chi connectivity index (χ1) is 10.1. The molecule has 0 saturated carbocycles. The van der Waals surface area contributed by atoms with E-state index in [9.17, 15) is 4.79 Å². The standard InChI is InChI=1S/C14H24N6O/c1-18-5-2-3-11(9-18)14-17-16-13-4-6-19(10-12(15)21)7-8-20(13)14/h11H,2-10H2,1H3,(H2,15,21)/t11-/m1/s1. The molecule has 1 fully saturated rings. The molecule has 0 bridgehead atoms. The molecular weight excluding hydrogens is 268 g/mol. The molecule has 0 aromatic carbocycles. The number of likely N-dealkylation sites (N-methyl/N-ethyl adjacent to an activating group) is 1. The zero-order chi connectivity index (χ0) is 14.8. The van der Waals surface area contributed by atoms with E-state index in [0.29, 0.717) is 12.5 Å². The van der Waals surface area contributed by atoms with Crippen LogP contribution in [-0.4, -0.2) is 70.2 Å². The Morgan fingerprint density at radius 2 is 2.14 bits per heavy atom. The molecule has 0 spiro atoms. The van der Waals surface area contributed by atoms with E-state index >= 15 is 0 Å². The van der Waals surface area contributed by atoms with Crippen LogP contribution in [0, 0.1) is 0 Å². The second-order valence-corrected chi connectivity index (χ2v) is 6.22. The van der Waals surface area contributed by atoms with Gasteiger partial charge in [0.1, 0.15) is 11.6 Å². The van der Waals surface area contributed by atoms with Gasteiger partial charge in [0.05, 0.1) is 6.54 Å². The Kier molecular flexibility index (Phi) is 4.21. The molecule has 2 N–H and O–H groups in total. The molecule has 2 aliphatic heterocycles. The molecular formula is C14H24N6O. The summed E-state index contributed by atoms with van der Waals surface area (Å²) in [6.07, 6.45) is 3.24. The minimum atomic E-state index is -0.262. The van der Waals surface area contributed by atoms with Gasteiger partial charge in [-0.15, -0.1) is 10.2 Å². The molecule has 0 radical (unpaired) electrons. The number of primary amides is 1. The molecule has 0 aliphatic carbocycles. The summed E-state index contributed by atoms with van der Waals surface area (Å²) < 4.78 is 2.27. The number of nitrogens with two attached hydrogens (primary N) is 1. The predicted octanol–water partition coefficient (Wildman–Crippen LogP) is -0.569. The van der Waals surface area contributed by atoms with Crippen molar-refractivity contribution in [3.05, 3.63) is 11.6 Å². The van der Waals surface area contributed by atoms with Crippen molar-refractivity contribution >= 4 is 5.91 Å². The molecule has 116 valence electrons. The van der Waals surface area contributed by atoms with Crippen LogP contribution in [0.25, 0.3) is 0 Å². The number of rotatable bonds is 3. The number of piperidine rings is 1. The number of fused-ring (bicyclic) bond motifs is 1. The molecule has 7 heteroatoms. The molecule has 21 heavy (non-hydrogen) atoms. The van der Waals surface area contributed by atoms with E-state index in [1.54, 1.807) is 0 Å². The summed E-state index contributed by atoms with van der Waals surface area (Å²) in [5.74, 6) is 2.39. The van der Waals surface area contributed by atoms with Gasteiger partial charge < -0.3 is 15.2 Å². The summed E-state index contributed by atoms with van der Waals surface area (Å²) >= 11 is 0. The lowest BCUT2D eigenvalue weighted by Gasteiger charge is -2.29. The minimum absolute atomic E-state index is 0.262. The largest absolute Gasteiger partial charge is 0.369 e. The molecule has 3 heterocycles. The van der Waals surface area contributed by atoms with Gasteiger partial charge in [0.25, 0.3) is 0 Å². The van der Waals surface area contributed by atoms with Gasteiger partial charge in [-0.2, -0.15) is 0 Å². The second kappa shape index (κ2) is 6.11. The Balaban J connectivity index is 1.73. The first-order valence-corrected chi connectivity index (χ1v) is 7.74. The average molecular weight is 292 g/mol. The van der Waals surface area contributed by atoms with Crippen molar-refractivity contribution in [1.82, 2.24) is 24.6 Å². The zero-order valence-electron chi connectivity index (χ0n) is 12.7. The van der Waals surface area contributed by atoms with Crippen LogP contribution in [-0.2, 0) is 17.8 Å². The van der Waals surface area contributed by atoms with Crippen LogP contribution in [0.3, 0.4) is 0 Å². The van der Waals surface area contributed by atoms with E-state index in [2.05, 4.69) is 31.6 Å². The molecule has 1 atom stereocenters. The third-order valence-corrected chi connectivity index (χ3v) is 4.52. The lowest BCUT2D eigenvalue weighted by atomic mass is 9.97. The summed E-state index contributed by atoms with van der Waals surface area (Å²) in [7, 11) is 2.17. The maximum absolute atomic E-state index is 11.1. The van der Waals surface area contributed by atoms with Crippen LogP contribution in [0.1, 0.15) is 30.4 Å². The van der Waals surface area contributed by atoms with Crippen molar-refractivity contribution < 1.29 is 4.79 Å². The van der Waals surface area contributed by atoms with Gasteiger partial charge in [-0.3, -0.25) is 9.69 Å². The van der Waals surface area contributed by atoms with Crippen molar-refractivity contribution in [2.45, 2.75) is 31.7 Å². The van der Waals surface area contributed by atoms with Crippen LogP contribution in [0.4, 0.5) is 0 Å². The molecule has 7 nitrogen and oxygen atoms in total. The number of carbonyl (C=O) groups is 1. The highest BCUT2D eigenvalue weighted by atomic mass is 16.1. The van der Waals surface area contributed by atoms with E-state index in [1.165, 1.54) is 19.4 Å². The molecule has 1 aromatic rings. The first kappa shape index (κ1) is 14.5. The average Bonchev–Trinajstić information content (AvgIpc) is 2.75. The van der Waals surface area contributed by atoms with Crippen LogP contribution >= 0.6 is 0 Å². The number of nitrogens with zero attached hydrogens (tertiary/aromatic N) is 5. The van der Waals surface area contributed by atoms with Crippen molar-refractivity contribution in [3.8, 4) is 0 Å². The second-order valence-electron chi connectivity index (χ2n) is 6.22. The van der Waals surface area contributed by atoms with Crippen molar-refractivity contribution in [3.63, 3.8) is 0 Å². The molecule has 1 saturated heterocycles. The van der Waals surface area contributed by atoms with Gasteiger partial charge >= 0.3 is 0 Å². The van der Waals surface area contributed by atoms with Gasteiger partial charge in [-0.05, 0) is 26.4 Å². The highest BCUT2D eigenvalue weighted by Crippen LogP contribution is 2.26. The Morgan fingerprint density at radius 3 is 2.90 bits per heavy atom. The van der Waals surface area contributed by atoms with Gasteiger partial charge in [0.2, 0.25) is 5.91 Å². The van der Waals surface area contributed by atoms with Crippen molar-refractivity contribution in [1.29, 1.82) is 0 Å². The van der Waals surface area contributed by atoms with Crippen molar-refractivity contribution in [2.75, 3.05) is 39.8 Å². The maximum atomic E-state index is 11.1. The summed E-state index contributed by atoms with van der Waals surface area (Å²) in [5, 5.41) is 8.84. The van der Waals surface area contributed by atoms with Crippen LogP contribution < -0.4 is 5.73 Å². The number of amides is 1. The molecule has 1 amide bonds. The lowest BCUT2D eigenvalue weighted by molar-refractivity contribution is -0.119. The van der Waals surface area contributed by atoms with E-state index < -0.39 is 0 Å². The molecule has 1 aromatic heterocycles. The van der Waals surface area contributed by atoms with E-state index in [-0.39, 0.29) is 5.91 Å². The van der Waals surface area contributed by atoms with Crippen LogP contribution in [0.2, 0.25) is 0 Å². The summed E-state index contributed by atoms with van der Waals surface area (Å²) in [6.45, 7) is 5.08. The number of hydrogen-bond donors (Lipinski definition) is 1. The van der Waals surface area contributed by atoms with Gasteiger partial charge in [0, 0.05) is 38.5 Å². The topological polar surface area (TPSA) is 80.3 Å². The highest BCUT2D eigenvalue weighted by molar-refractivity contribution is 5.75. The van der Waals surface area contributed by atoms with Gasteiger partial charge in [-0.25, -0.2) is 0 Å². The minimum Gasteiger partial charge on any atom is -0.369 e. The Labute approximate surface area is 125 Å². The van der Waals surface area contributed by atoms with Crippen LogP contribution in [0.15, 0.2) is 0 Å². The Hall–Kier alpha value is -1.47. The third kappa shape index (κ3) is 3.24. The third-order valence-electron chi connectivity index (χ3n) is 4.52. The number of likely N-dealkylation sites (tertiary alicyclic amines) is 1. The SMILES string of the molecule is CN1CCC[C@@H](c2nnc3n2CCN(CC(N)=O)CC3)C1. The summed E-state index contributed by atoms with van der Waals surface area (Å²) in [6, 6.07) is 0. The summed E-state index contributed by atoms with van der Waals surface area (Å²) in [5.41, 5.74) is 5.30. The first-order valence-electron chi connectivity index (χ1n) is 7.74. The number of hydrogen-bond acceptors (Lipinski definition) is 5. The number of carbonyl (C=O) groups excluding carboxylic acids is 1. The van der Waals surface area contributed by atoms with Crippen LogP contribution in [0.5, 0.6) is 0 Å². The Bertz CT molecular complexity index is 514. The number of aromatic nitrogens is 3. The van der Waals surface area contributed by atoms with E-state index in [0.717, 1.165) is 44.2 Å². The van der Waals surface area contributed by atoms with E-state index in [1.807, 2.05) is 0 Å². The molecule has 0 unspecified atom stereocenters. The fourth-order valence-electron chi connectivity index (χ4n) is 3.45. The molecule has 3 rings (SSSR count). The zero-order valence-corrected chi connectivity index (χ0v) is 12.7. The fourth-order valence-corrected chi connectivity index (χ4v) is 3.45. The quantitative estimate of drug-likeness (QED) is 0.807. The fraction of sp³-hybridized carbons (Fsp3) is 0.786. The normalized spacial score (nSPS) is 24.5. The van der Waals surface area contributed by atoms with Crippen molar-refractivity contribution in [2.24, 2.45) is 5.73 Å². The maximum Gasteiger partial charge on any atom is 0.231 e. The smallest absolute Gasteiger partial charge is 0.231 e. The lowest BCUT2D eigenvalue weighted by Crippen LogP contribution is -2.36. The van der Waals surface area contributed by atoms with Gasteiger partial charge in [0.15, 0.2) is 0 Å². The molecule has 2 aliphatic rings. The highest BCUT2D eigenvalue weighted by Gasteiger charge is 2.27.